The molecule has 0 spiro atoms. The Morgan fingerprint density at radius 3 is 2.48 bits per heavy atom. The Kier molecular flexibility index (Phi) is 6.90. The number of aromatic nitrogens is 2. The van der Waals surface area contributed by atoms with E-state index in [9.17, 15) is 9.90 Å². The summed E-state index contributed by atoms with van der Waals surface area (Å²) < 4.78 is 8.51. The lowest BCUT2D eigenvalue weighted by Gasteiger charge is -2.21. The van der Waals surface area contributed by atoms with E-state index in [1.165, 1.54) is 0 Å². The maximum atomic E-state index is 11.6. The molecule has 0 radical (unpaired) electrons. The summed E-state index contributed by atoms with van der Waals surface area (Å²) in [5.74, 6) is -0.927. The second-order valence-corrected chi connectivity index (χ2v) is 8.34. The number of hydrogen-bond acceptors (Lipinski definition) is 3. The standard InChI is InChI=1S/C28H30N2O3/c1-4-8-22-18-30-25(16-11-19(3)27(30)29-22)26(33-17-5-2)21-14-12-20(13-15-21)23-9-6-7-10-24(23)28(31)32/h6-7,9-16,18,26H,4-5,8,17H2,1-3H3,(H,31,32). The van der Waals surface area contributed by atoms with Crippen LogP contribution in [0.2, 0.25) is 0 Å². The summed E-state index contributed by atoms with van der Waals surface area (Å²) >= 11 is 0. The largest absolute Gasteiger partial charge is 0.478 e. The van der Waals surface area contributed by atoms with E-state index in [1.807, 2.05) is 36.4 Å². The number of nitrogens with zero attached hydrogens (tertiary/aromatic N) is 2. The van der Waals surface area contributed by atoms with Crippen molar-refractivity contribution in [3.8, 4) is 11.1 Å². The zero-order chi connectivity index (χ0) is 23.4. The third-order valence-electron chi connectivity index (χ3n) is 5.84. The number of ether oxygens (including phenoxy) is 1. The molecule has 1 atom stereocenters. The number of carboxylic acid groups (broad SMARTS) is 1. The minimum Gasteiger partial charge on any atom is -0.478 e. The van der Waals surface area contributed by atoms with Crippen molar-refractivity contribution in [3.05, 3.63) is 94.9 Å². The summed E-state index contributed by atoms with van der Waals surface area (Å²) in [5.41, 5.74) is 7.12. The van der Waals surface area contributed by atoms with E-state index in [2.05, 4.69) is 43.5 Å². The van der Waals surface area contributed by atoms with E-state index in [4.69, 9.17) is 9.72 Å². The Morgan fingerprint density at radius 1 is 1.03 bits per heavy atom. The van der Waals surface area contributed by atoms with Gasteiger partial charge >= 0.3 is 5.97 Å². The first-order valence-corrected chi connectivity index (χ1v) is 11.5. The Labute approximate surface area is 194 Å². The quantitative estimate of drug-likeness (QED) is 0.322. The molecule has 0 aliphatic rings. The first kappa shape index (κ1) is 22.7. The van der Waals surface area contributed by atoms with Crippen molar-refractivity contribution in [1.82, 2.24) is 9.38 Å². The zero-order valence-corrected chi connectivity index (χ0v) is 19.4. The first-order valence-electron chi connectivity index (χ1n) is 11.5. The molecule has 0 aliphatic carbocycles. The number of aromatic carboxylic acids is 1. The van der Waals surface area contributed by atoms with E-state index in [1.54, 1.807) is 12.1 Å². The maximum Gasteiger partial charge on any atom is 0.336 e. The third-order valence-corrected chi connectivity index (χ3v) is 5.84. The van der Waals surface area contributed by atoms with Crippen LogP contribution in [0.25, 0.3) is 16.8 Å². The number of benzene rings is 2. The molecule has 0 bridgehead atoms. The molecule has 4 aromatic rings. The molecule has 4 rings (SSSR count). The number of rotatable bonds is 9. The molecule has 170 valence electrons. The van der Waals surface area contributed by atoms with Gasteiger partial charge < -0.3 is 14.2 Å². The highest BCUT2D eigenvalue weighted by Crippen LogP contribution is 2.31. The van der Waals surface area contributed by atoms with E-state index < -0.39 is 5.97 Å². The second-order valence-electron chi connectivity index (χ2n) is 8.34. The van der Waals surface area contributed by atoms with E-state index in [-0.39, 0.29) is 6.10 Å². The van der Waals surface area contributed by atoms with Crippen LogP contribution in [0.4, 0.5) is 0 Å². The predicted molar refractivity (Wildman–Crippen MR) is 131 cm³/mol. The van der Waals surface area contributed by atoms with Gasteiger partial charge in [0.05, 0.1) is 17.0 Å². The average Bonchev–Trinajstić information content (AvgIpc) is 3.26. The number of carbonyl (C=O) groups is 1. The maximum absolute atomic E-state index is 11.6. The van der Waals surface area contributed by atoms with Gasteiger partial charge in [-0.3, -0.25) is 0 Å². The van der Waals surface area contributed by atoms with Crippen molar-refractivity contribution in [2.45, 2.75) is 46.1 Å². The summed E-state index contributed by atoms with van der Waals surface area (Å²) in [7, 11) is 0. The molecule has 1 N–H and O–H groups in total. The molecule has 1 unspecified atom stereocenters. The minimum absolute atomic E-state index is 0.250. The molecule has 2 aromatic carbocycles. The minimum atomic E-state index is -0.927. The molecule has 5 heteroatoms. The van der Waals surface area contributed by atoms with Crippen molar-refractivity contribution >= 4 is 11.6 Å². The monoisotopic (exact) mass is 442 g/mol. The molecular formula is C28H30N2O3. The first-order chi connectivity index (χ1) is 16.0. The van der Waals surface area contributed by atoms with Crippen LogP contribution in [0.1, 0.15) is 65.7 Å². The molecule has 0 saturated heterocycles. The van der Waals surface area contributed by atoms with Crippen LogP contribution in [0.15, 0.2) is 66.9 Å². The fourth-order valence-electron chi connectivity index (χ4n) is 4.21. The van der Waals surface area contributed by atoms with Gasteiger partial charge in [0.25, 0.3) is 0 Å². The molecular weight excluding hydrogens is 412 g/mol. The topological polar surface area (TPSA) is 63.8 Å². The fraction of sp³-hybridized carbons (Fsp3) is 0.286. The number of fused-ring (bicyclic) bond motifs is 1. The van der Waals surface area contributed by atoms with Crippen molar-refractivity contribution in [1.29, 1.82) is 0 Å². The van der Waals surface area contributed by atoms with Gasteiger partial charge in [0.1, 0.15) is 11.8 Å². The normalized spacial score (nSPS) is 12.2. The number of imidazole rings is 1. The number of carboxylic acids is 1. The van der Waals surface area contributed by atoms with E-state index in [0.29, 0.717) is 17.7 Å². The molecule has 0 amide bonds. The van der Waals surface area contributed by atoms with Gasteiger partial charge in [0.15, 0.2) is 0 Å². The predicted octanol–water partition coefficient (Wildman–Crippen LogP) is 6.48. The van der Waals surface area contributed by atoms with Gasteiger partial charge in [-0.15, -0.1) is 0 Å². The lowest BCUT2D eigenvalue weighted by Crippen LogP contribution is -2.11. The Morgan fingerprint density at radius 2 is 1.79 bits per heavy atom. The number of pyridine rings is 1. The van der Waals surface area contributed by atoms with Crippen molar-refractivity contribution in [2.75, 3.05) is 6.61 Å². The van der Waals surface area contributed by atoms with Crippen LogP contribution < -0.4 is 0 Å². The molecule has 5 nitrogen and oxygen atoms in total. The Hall–Kier alpha value is -3.44. The third kappa shape index (κ3) is 4.69. The van der Waals surface area contributed by atoms with Gasteiger partial charge in [-0.25, -0.2) is 9.78 Å². The van der Waals surface area contributed by atoms with Gasteiger partial charge in [-0.1, -0.05) is 68.8 Å². The van der Waals surface area contributed by atoms with E-state index >= 15 is 0 Å². The zero-order valence-electron chi connectivity index (χ0n) is 19.4. The summed E-state index contributed by atoms with van der Waals surface area (Å²) in [6.45, 7) is 6.98. The smallest absolute Gasteiger partial charge is 0.336 e. The van der Waals surface area contributed by atoms with E-state index in [0.717, 1.165) is 53.0 Å². The van der Waals surface area contributed by atoms with Gasteiger partial charge in [0, 0.05) is 12.8 Å². The highest BCUT2D eigenvalue weighted by molar-refractivity contribution is 5.96. The Bertz CT molecular complexity index is 1260. The van der Waals surface area contributed by atoms with Crippen LogP contribution in [-0.2, 0) is 11.2 Å². The van der Waals surface area contributed by atoms with Gasteiger partial charge in [-0.2, -0.15) is 0 Å². The average molecular weight is 443 g/mol. The lowest BCUT2D eigenvalue weighted by molar-refractivity contribution is 0.0697. The summed E-state index contributed by atoms with van der Waals surface area (Å²) in [6, 6.07) is 19.3. The lowest BCUT2D eigenvalue weighted by atomic mass is 9.97. The van der Waals surface area contributed by atoms with Crippen molar-refractivity contribution in [2.24, 2.45) is 0 Å². The molecule has 0 saturated carbocycles. The number of aryl methyl sites for hydroxylation is 2. The van der Waals surface area contributed by atoms with Crippen LogP contribution >= 0.6 is 0 Å². The van der Waals surface area contributed by atoms with Crippen molar-refractivity contribution in [3.63, 3.8) is 0 Å². The summed E-state index contributed by atoms with van der Waals surface area (Å²) in [5, 5.41) is 9.55. The fourth-order valence-corrected chi connectivity index (χ4v) is 4.21. The van der Waals surface area contributed by atoms with Crippen LogP contribution in [0.3, 0.4) is 0 Å². The molecule has 2 aromatic heterocycles. The van der Waals surface area contributed by atoms with Crippen LogP contribution in [0.5, 0.6) is 0 Å². The van der Waals surface area contributed by atoms with Gasteiger partial charge in [-0.05, 0) is 54.2 Å². The summed E-state index contributed by atoms with van der Waals surface area (Å²) in [6.07, 6.45) is 4.79. The Balaban J connectivity index is 1.76. The number of hydrogen-bond donors (Lipinski definition) is 1. The molecule has 0 aliphatic heterocycles. The second kappa shape index (κ2) is 10.0. The molecule has 2 heterocycles. The van der Waals surface area contributed by atoms with Crippen molar-refractivity contribution < 1.29 is 14.6 Å². The molecule has 33 heavy (non-hydrogen) atoms. The summed E-state index contributed by atoms with van der Waals surface area (Å²) in [4.78, 5) is 16.5. The van der Waals surface area contributed by atoms with Crippen LogP contribution in [-0.4, -0.2) is 27.1 Å². The SMILES string of the molecule is CCCOC(c1ccc(-c2ccccc2C(=O)O)cc1)c1ccc(C)c2nc(CCC)cn12. The highest BCUT2D eigenvalue weighted by Gasteiger charge is 2.20. The molecule has 0 fully saturated rings. The van der Waals surface area contributed by atoms with Gasteiger partial charge in [0.2, 0.25) is 0 Å². The van der Waals surface area contributed by atoms with Crippen LogP contribution in [0, 0.1) is 6.92 Å². The highest BCUT2D eigenvalue weighted by atomic mass is 16.5.